The molecule has 0 radical (unpaired) electrons. The number of aromatic nitrogens is 2. The van der Waals surface area contributed by atoms with Crippen molar-refractivity contribution in [2.75, 3.05) is 37.8 Å². The van der Waals surface area contributed by atoms with E-state index in [2.05, 4.69) is 33.9 Å². The topological polar surface area (TPSA) is 94.0 Å². The van der Waals surface area contributed by atoms with Crippen LogP contribution in [0.25, 0.3) is 0 Å². The van der Waals surface area contributed by atoms with Gasteiger partial charge in [-0.15, -0.1) is 0 Å². The van der Waals surface area contributed by atoms with E-state index in [1.54, 1.807) is 36.3 Å². The number of nitrogens with zero attached hydrogens (tertiary/aromatic N) is 3. The van der Waals surface area contributed by atoms with Crippen molar-refractivity contribution < 1.29 is 24.1 Å². The number of halogens is 1. The van der Waals surface area contributed by atoms with Crippen LogP contribution in [-0.2, 0) is 21.3 Å². The van der Waals surface area contributed by atoms with Crippen LogP contribution in [0.15, 0.2) is 60.0 Å². The molecule has 244 valence electrons. The van der Waals surface area contributed by atoms with E-state index in [9.17, 15) is 9.90 Å². The molecule has 7 rings (SSSR count). The number of carboxylic acid groups (broad SMARTS) is 1. The van der Waals surface area contributed by atoms with Gasteiger partial charge in [-0.1, -0.05) is 36.4 Å². The number of aromatic carboxylic acids is 1. The van der Waals surface area contributed by atoms with Crippen LogP contribution in [0.4, 0.5) is 5.69 Å². The molecule has 1 N–H and O–H groups in total. The molecule has 8 nitrogen and oxygen atoms in total. The summed E-state index contributed by atoms with van der Waals surface area (Å²) in [4.78, 5) is 23.1. The Morgan fingerprint density at radius 1 is 1.20 bits per heavy atom. The molecule has 1 unspecified atom stereocenters. The van der Waals surface area contributed by atoms with E-state index in [4.69, 9.17) is 25.8 Å². The standard InChI is InChI=1S/C36H42ClN3O5S/c1-23(46-35-38-13-3-14-39-35)20-44-28-11-15-43-33(18-28)29-8-5-26(29)19-40-21-36(12-2-4-24-16-27(37)7-9-30(24)36)22-45-32-10-6-25(34(41)42)17-31(32)40/h3,6-7,9-10,13-14,16-17,23,26,28-29,33H,2,4-5,8,11-12,15,18-22H2,1H3,(H,41,42)/t23-,26-,28-,29+,33+,36?/m0/s1. The molecule has 2 aromatic carbocycles. The predicted molar refractivity (Wildman–Crippen MR) is 179 cm³/mol. The maximum atomic E-state index is 12.0. The number of hydrogen-bond acceptors (Lipinski definition) is 8. The fraction of sp³-hybridized carbons (Fsp3) is 0.528. The first-order valence-corrected chi connectivity index (χ1v) is 17.8. The van der Waals surface area contributed by atoms with Gasteiger partial charge in [0.05, 0.1) is 36.7 Å². The average Bonchev–Trinajstić information content (AvgIpc) is 3.19. The summed E-state index contributed by atoms with van der Waals surface area (Å²) in [5.41, 5.74) is 3.58. The van der Waals surface area contributed by atoms with Crippen molar-refractivity contribution in [3.8, 4) is 5.75 Å². The van der Waals surface area contributed by atoms with E-state index in [1.807, 2.05) is 18.2 Å². The Morgan fingerprint density at radius 2 is 2.07 bits per heavy atom. The molecule has 0 amide bonds. The molecule has 1 spiro atoms. The van der Waals surface area contributed by atoms with Gasteiger partial charge in [-0.25, -0.2) is 14.8 Å². The fourth-order valence-electron chi connectivity index (χ4n) is 7.92. The third-order valence-corrected chi connectivity index (χ3v) is 11.6. The van der Waals surface area contributed by atoms with Crippen molar-refractivity contribution >= 4 is 35.0 Å². The molecule has 0 bridgehead atoms. The zero-order chi connectivity index (χ0) is 31.7. The lowest BCUT2D eigenvalue weighted by Crippen LogP contribution is -2.50. The van der Waals surface area contributed by atoms with Gasteiger partial charge >= 0.3 is 5.97 Å². The first-order valence-electron chi connectivity index (χ1n) is 16.6. The predicted octanol–water partition coefficient (Wildman–Crippen LogP) is 7.07. The van der Waals surface area contributed by atoms with Gasteiger partial charge in [0.15, 0.2) is 5.16 Å². The van der Waals surface area contributed by atoms with E-state index < -0.39 is 5.97 Å². The maximum absolute atomic E-state index is 12.0. The largest absolute Gasteiger partial charge is 0.490 e. The normalized spacial score (nSPS) is 27.9. The lowest BCUT2D eigenvalue weighted by atomic mass is 9.67. The summed E-state index contributed by atoms with van der Waals surface area (Å²) in [6, 6.07) is 13.4. The molecule has 6 atom stereocenters. The van der Waals surface area contributed by atoms with Crippen LogP contribution in [0.1, 0.15) is 66.9 Å². The molecule has 2 fully saturated rings. The quantitative estimate of drug-likeness (QED) is 0.191. The Balaban J connectivity index is 1.06. The molecule has 1 saturated heterocycles. The number of thioether (sulfide) groups is 1. The number of benzene rings is 2. The van der Waals surface area contributed by atoms with Crippen molar-refractivity contribution in [1.29, 1.82) is 0 Å². The smallest absolute Gasteiger partial charge is 0.335 e. The van der Waals surface area contributed by atoms with Gasteiger partial charge in [-0.3, -0.25) is 0 Å². The van der Waals surface area contributed by atoms with Crippen molar-refractivity contribution in [3.05, 3.63) is 76.6 Å². The number of ether oxygens (including phenoxy) is 3. The average molecular weight is 664 g/mol. The highest BCUT2D eigenvalue weighted by molar-refractivity contribution is 7.99. The van der Waals surface area contributed by atoms with Crippen molar-refractivity contribution in [3.63, 3.8) is 0 Å². The summed E-state index contributed by atoms with van der Waals surface area (Å²) in [7, 11) is 0. The molecule has 2 aliphatic heterocycles. The maximum Gasteiger partial charge on any atom is 0.335 e. The van der Waals surface area contributed by atoms with Crippen molar-refractivity contribution in [2.45, 2.75) is 79.9 Å². The molecule has 4 aliphatic rings. The Hall–Kier alpha value is -2.85. The van der Waals surface area contributed by atoms with E-state index in [-0.39, 0.29) is 28.4 Å². The van der Waals surface area contributed by atoms with Gasteiger partial charge < -0.3 is 24.2 Å². The molecule has 2 aliphatic carbocycles. The molecular weight excluding hydrogens is 622 g/mol. The SMILES string of the molecule is C[C@@H](CO[C@H]1CCO[C@@H]([C@@H]2CC[C@H]2CN2CC3(CCCc4cc(Cl)ccc43)COc3ccc(C(=O)O)cc32)C1)Sc1ncccn1. The zero-order valence-corrected chi connectivity index (χ0v) is 27.8. The minimum absolute atomic E-state index is 0.164. The highest BCUT2D eigenvalue weighted by atomic mass is 35.5. The second-order valence-electron chi connectivity index (χ2n) is 13.4. The number of rotatable bonds is 9. The summed E-state index contributed by atoms with van der Waals surface area (Å²) < 4.78 is 19.4. The van der Waals surface area contributed by atoms with Gasteiger partial charge in [0, 0.05) is 54.2 Å². The third-order valence-electron chi connectivity index (χ3n) is 10.4. The summed E-state index contributed by atoms with van der Waals surface area (Å²) >= 11 is 8.07. The van der Waals surface area contributed by atoms with Crippen molar-refractivity contribution in [1.82, 2.24) is 9.97 Å². The van der Waals surface area contributed by atoms with Gasteiger partial charge in [-0.05, 0) is 97.9 Å². The molecule has 3 heterocycles. The molecule has 3 aromatic rings. The summed E-state index contributed by atoms with van der Waals surface area (Å²) in [6.45, 7) is 5.70. The minimum atomic E-state index is -0.924. The number of carboxylic acids is 1. The van der Waals surface area contributed by atoms with Crippen LogP contribution in [0.3, 0.4) is 0 Å². The first-order chi connectivity index (χ1) is 22.4. The van der Waals surface area contributed by atoms with Gasteiger partial charge in [0.2, 0.25) is 0 Å². The molecule has 1 saturated carbocycles. The van der Waals surface area contributed by atoms with Crippen LogP contribution in [0.2, 0.25) is 5.02 Å². The van der Waals surface area contributed by atoms with Gasteiger partial charge in [0.25, 0.3) is 0 Å². The summed E-state index contributed by atoms with van der Waals surface area (Å²) in [6.07, 6.45) is 11.1. The molecule has 1 aromatic heterocycles. The highest BCUT2D eigenvalue weighted by Crippen LogP contribution is 2.47. The molecule has 10 heteroatoms. The second-order valence-corrected chi connectivity index (χ2v) is 15.3. The molecule has 46 heavy (non-hydrogen) atoms. The fourth-order valence-corrected chi connectivity index (χ4v) is 8.86. The lowest BCUT2D eigenvalue weighted by molar-refractivity contribution is -0.116. The summed E-state index contributed by atoms with van der Waals surface area (Å²) in [5.74, 6) is 0.721. The number of carbonyl (C=O) groups is 1. The van der Waals surface area contributed by atoms with Gasteiger partial charge in [0.1, 0.15) is 5.75 Å². The van der Waals surface area contributed by atoms with E-state index in [0.717, 1.165) is 79.7 Å². The lowest BCUT2D eigenvalue weighted by Gasteiger charge is -2.47. The number of hydrogen-bond donors (Lipinski definition) is 1. The van der Waals surface area contributed by atoms with Crippen LogP contribution in [0, 0.1) is 11.8 Å². The Labute approximate surface area is 280 Å². The number of fused-ring (bicyclic) bond motifs is 3. The first kappa shape index (κ1) is 31.7. The highest BCUT2D eigenvalue weighted by Gasteiger charge is 2.45. The van der Waals surface area contributed by atoms with Crippen LogP contribution in [-0.4, -0.2) is 71.4 Å². The molecular formula is C36H42ClN3O5S. The monoisotopic (exact) mass is 663 g/mol. The second kappa shape index (κ2) is 13.7. The van der Waals surface area contributed by atoms with Gasteiger partial charge in [-0.2, -0.15) is 0 Å². The van der Waals surface area contributed by atoms with Crippen molar-refractivity contribution in [2.24, 2.45) is 11.8 Å². The van der Waals surface area contributed by atoms with E-state index in [0.29, 0.717) is 31.7 Å². The van der Waals surface area contributed by atoms with E-state index in [1.165, 1.54) is 11.1 Å². The minimum Gasteiger partial charge on any atom is -0.490 e. The van der Waals surface area contributed by atoms with Crippen LogP contribution < -0.4 is 9.64 Å². The Morgan fingerprint density at radius 3 is 2.87 bits per heavy atom. The number of anilines is 1. The zero-order valence-electron chi connectivity index (χ0n) is 26.3. The Kier molecular flexibility index (Phi) is 9.46. The summed E-state index contributed by atoms with van der Waals surface area (Å²) in [5, 5.41) is 11.7. The Bertz CT molecular complexity index is 1550. The van der Waals surface area contributed by atoms with Crippen LogP contribution >= 0.6 is 23.4 Å². The van der Waals surface area contributed by atoms with E-state index >= 15 is 0 Å². The third kappa shape index (κ3) is 6.75. The number of aryl methyl sites for hydroxylation is 1. The van der Waals surface area contributed by atoms with Crippen LogP contribution in [0.5, 0.6) is 5.75 Å².